The van der Waals surface area contributed by atoms with Crippen LogP contribution in [0.15, 0.2) is 170 Å². The average Bonchev–Trinajstić information content (AvgIpc) is 3.88. The summed E-state index contributed by atoms with van der Waals surface area (Å²) in [5.41, 5.74) is 15.9. The van der Waals surface area contributed by atoms with Crippen molar-refractivity contribution in [1.29, 1.82) is 0 Å². The van der Waals surface area contributed by atoms with Crippen molar-refractivity contribution in [3.05, 3.63) is 181 Å². The summed E-state index contributed by atoms with van der Waals surface area (Å²) in [5.74, 6) is 3.40. The van der Waals surface area contributed by atoms with E-state index in [-0.39, 0.29) is 5.41 Å². The van der Waals surface area contributed by atoms with Gasteiger partial charge in [-0.25, -0.2) is 0 Å². The zero-order valence-electron chi connectivity index (χ0n) is 29.7. The monoisotopic (exact) mass is 680 g/mol. The second kappa shape index (κ2) is 11.1. The molecule has 4 fully saturated rings. The number of fused-ring (bicyclic) bond motifs is 6. The summed E-state index contributed by atoms with van der Waals surface area (Å²) < 4.78 is 2.40. The predicted molar refractivity (Wildman–Crippen MR) is 220 cm³/mol. The molecule has 0 N–H and O–H groups in total. The molecule has 4 saturated carbocycles. The van der Waals surface area contributed by atoms with Crippen LogP contribution in [0.1, 0.15) is 36.8 Å². The molecule has 5 atom stereocenters. The fourth-order valence-electron chi connectivity index (χ4n) is 11.9. The van der Waals surface area contributed by atoms with Gasteiger partial charge in [-0.2, -0.15) is 0 Å². The number of aromatic nitrogens is 1. The number of rotatable bonds is 5. The summed E-state index contributed by atoms with van der Waals surface area (Å²) in [5, 5.41) is 2.57. The first-order valence-electron chi connectivity index (χ1n) is 19.5. The third kappa shape index (κ3) is 4.10. The average molecular weight is 681 g/mol. The first kappa shape index (κ1) is 29.7. The van der Waals surface area contributed by atoms with E-state index in [1.807, 2.05) is 0 Å². The first-order chi connectivity index (χ1) is 26.3. The van der Waals surface area contributed by atoms with Gasteiger partial charge in [-0.1, -0.05) is 109 Å². The van der Waals surface area contributed by atoms with Crippen molar-refractivity contribution in [3.63, 3.8) is 0 Å². The van der Waals surface area contributed by atoms with Crippen LogP contribution in [-0.4, -0.2) is 4.57 Å². The van der Waals surface area contributed by atoms with Crippen molar-refractivity contribution >= 4 is 38.9 Å². The molecule has 2 nitrogen and oxygen atoms in total. The number of nitrogens with zero attached hydrogens (tertiary/aromatic N) is 2. The maximum Gasteiger partial charge on any atom is 0.0541 e. The Bertz CT molecular complexity index is 2650. The SMILES string of the molecule is c1ccc(-c2ccc(N(c3ccc(-n4c5ccccc5c5ccccc54)cc3)c3ccc4c(c3)-c3ccccc3C43C4CC5CC(C4)C3C5)cc2)cc1. The highest BCUT2D eigenvalue weighted by atomic mass is 15.1. The van der Waals surface area contributed by atoms with E-state index in [1.165, 1.54) is 81.1 Å². The van der Waals surface area contributed by atoms with Crippen molar-refractivity contribution in [1.82, 2.24) is 4.57 Å². The molecule has 7 aromatic carbocycles. The van der Waals surface area contributed by atoms with Crippen molar-refractivity contribution in [2.45, 2.75) is 31.1 Å². The third-order valence-electron chi connectivity index (χ3n) is 13.8. The van der Waals surface area contributed by atoms with Gasteiger partial charge in [0.25, 0.3) is 0 Å². The van der Waals surface area contributed by atoms with Crippen LogP contribution in [0.2, 0.25) is 0 Å². The Balaban J connectivity index is 1.01. The lowest BCUT2D eigenvalue weighted by atomic mass is 9.59. The molecule has 0 amide bonds. The minimum atomic E-state index is 0.189. The minimum absolute atomic E-state index is 0.189. The molecular formula is C51H40N2. The Morgan fingerprint density at radius 2 is 1.08 bits per heavy atom. The highest BCUT2D eigenvalue weighted by Crippen LogP contribution is 2.73. The Labute approximate surface area is 311 Å². The molecule has 5 aliphatic carbocycles. The Morgan fingerprint density at radius 3 is 1.81 bits per heavy atom. The number of para-hydroxylation sites is 2. The molecule has 254 valence electrons. The topological polar surface area (TPSA) is 8.17 Å². The van der Waals surface area contributed by atoms with E-state index in [1.54, 1.807) is 11.1 Å². The molecule has 1 spiro atoms. The summed E-state index contributed by atoms with van der Waals surface area (Å²) in [4.78, 5) is 2.46. The van der Waals surface area contributed by atoms with Gasteiger partial charge >= 0.3 is 0 Å². The summed E-state index contributed by atoms with van der Waals surface area (Å²) in [6.07, 6.45) is 5.68. The second-order valence-electron chi connectivity index (χ2n) is 16.2. The van der Waals surface area contributed by atoms with E-state index < -0.39 is 0 Å². The Morgan fingerprint density at radius 1 is 0.472 bits per heavy atom. The van der Waals surface area contributed by atoms with Gasteiger partial charge in [0.05, 0.1) is 11.0 Å². The summed E-state index contributed by atoms with van der Waals surface area (Å²) in [7, 11) is 0. The smallest absolute Gasteiger partial charge is 0.0541 e. The summed E-state index contributed by atoms with van der Waals surface area (Å²) in [6, 6.07) is 63.5. The zero-order valence-corrected chi connectivity index (χ0v) is 29.7. The molecule has 8 aromatic rings. The van der Waals surface area contributed by atoms with Crippen molar-refractivity contribution < 1.29 is 0 Å². The van der Waals surface area contributed by atoms with Gasteiger partial charge in [0.1, 0.15) is 0 Å². The molecule has 0 radical (unpaired) electrons. The molecule has 5 aliphatic rings. The molecule has 4 bridgehead atoms. The van der Waals surface area contributed by atoms with Crippen molar-refractivity contribution in [3.8, 4) is 27.9 Å². The van der Waals surface area contributed by atoms with Crippen LogP contribution in [0, 0.1) is 23.7 Å². The molecule has 13 rings (SSSR count). The zero-order chi connectivity index (χ0) is 34.7. The molecule has 1 aromatic heterocycles. The van der Waals surface area contributed by atoms with Crippen molar-refractivity contribution in [2.75, 3.05) is 4.90 Å². The number of hydrogen-bond donors (Lipinski definition) is 0. The lowest BCUT2D eigenvalue weighted by Gasteiger charge is -2.44. The van der Waals surface area contributed by atoms with E-state index in [0.717, 1.165) is 35.0 Å². The fourth-order valence-corrected chi connectivity index (χ4v) is 11.9. The summed E-state index contributed by atoms with van der Waals surface area (Å²) in [6.45, 7) is 0. The Kier molecular flexibility index (Phi) is 6.20. The largest absolute Gasteiger partial charge is 0.310 e. The van der Waals surface area contributed by atoms with Crippen LogP contribution >= 0.6 is 0 Å². The van der Waals surface area contributed by atoms with E-state index >= 15 is 0 Å². The number of hydrogen-bond acceptors (Lipinski definition) is 1. The second-order valence-corrected chi connectivity index (χ2v) is 16.2. The predicted octanol–water partition coefficient (Wildman–Crippen LogP) is 13.3. The van der Waals surface area contributed by atoms with E-state index in [2.05, 4.69) is 179 Å². The fraction of sp³-hybridized carbons (Fsp3) is 0.176. The maximum absolute atomic E-state index is 2.54. The van der Waals surface area contributed by atoms with Crippen LogP contribution in [0.4, 0.5) is 17.1 Å². The van der Waals surface area contributed by atoms with Gasteiger partial charge in [-0.05, 0) is 143 Å². The highest BCUT2D eigenvalue weighted by Gasteiger charge is 2.65. The molecule has 1 heterocycles. The van der Waals surface area contributed by atoms with Crippen LogP contribution in [0.5, 0.6) is 0 Å². The Hall–Kier alpha value is -5.86. The molecule has 5 unspecified atom stereocenters. The van der Waals surface area contributed by atoms with Gasteiger partial charge < -0.3 is 9.47 Å². The van der Waals surface area contributed by atoms with Crippen LogP contribution in [-0.2, 0) is 5.41 Å². The molecule has 53 heavy (non-hydrogen) atoms. The first-order valence-corrected chi connectivity index (χ1v) is 19.5. The molecule has 0 saturated heterocycles. The van der Waals surface area contributed by atoms with Gasteiger partial charge in [0, 0.05) is 38.9 Å². The van der Waals surface area contributed by atoms with Crippen LogP contribution in [0.3, 0.4) is 0 Å². The van der Waals surface area contributed by atoms with E-state index in [0.29, 0.717) is 0 Å². The number of benzene rings is 7. The standard InChI is InChI=1S/C51H40N2/c1-2-10-34(11-3-1)35-18-20-38(21-19-35)52(39-22-24-40(25-23-39)53-49-16-8-5-13-43(49)44-14-6-9-17-50(44)53)41-26-27-47-45(32-41)42-12-4-7-15-46(42)51(47)37-29-33-28-36(31-37)48(51)30-33/h1-27,32-33,36-37,48H,28-31H2. The van der Waals surface area contributed by atoms with E-state index in [9.17, 15) is 0 Å². The normalized spacial score (nSPS) is 23.2. The van der Waals surface area contributed by atoms with Gasteiger partial charge in [-0.3, -0.25) is 0 Å². The van der Waals surface area contributed by atoms with Gasteiger partial charge in [-0.15, -0.1) is 0 Å². The molecule has 0 aliphatic heterocycles. The maximum atomic E-state index is 2.54. The lowest BCUT2D eigenvalue weighted by molar-refractivity contribution is 0.191. The molecule has 2 heteroatoms. The highest BCUT2D eigenvalue weighted by molar-refractivity contribution is 6.09. The number of anilines is 3. The van der Waals surface area contributed by atoms with Crippen LogP contribution < -0.4 is 4.90 Å². The summed E-state index contributed by atoms with van der Waals surface area (Å²) >= 11 is 0. The van der Waals surface area contributed by atoms with E-state index in [4.69, 9.17) is 0 Å². The minimum Gasteiger partial charge on any atom is -0.310 e. The van der Waals surface area contributed by atoms with Crippen LogP contribution in [0.25, 0.3) is 49.7 Å². The lowest BCUT2D eigenvalue weighted by Crippen LogP contribution is -2.40. The van der Waals surface area contributed by atoms with Gasteiger partial charge in [0.15, 0.2) is 0 Å². The van der Waals surface area contributed by atoms with Gasteiger partial charge in [0.2, 0.25) is 0 Å². The molecular weight excluding hydrogens is 641 g/mol. The quantitative estimate of drug-likeness (QED) is 0.176. The van der Waals surface area contributed by atoms with Crippen molar-refractivity contribution in [2.24, 2.45) is 23.7 Å². The third-order valence-corrected chi connectivity index (χ3v) is 13.8.